The number of aromatic nitrogens is 3. The first-order valence-electron chi connectivity index (χ1n) is 10.2. The van der Waals surface area contributed by atoms with Gasteiger partial charge in [-0.3, -0.25) is 9.48 Å². The molecule has 5 heteroatoms. The van der Waals surface area contributed by atoms with E-state index in [4.69, 9.17) is 0 Å². The molecule has 0 spiro atoms. The molecule has 4 aromatic rings. The third kappa shape index (κ3) is 3.41. The van der Waals surface area contributed by atoms with Gasteiger partial charge in [-0.25, -0.2) is 0 Å². The number of fused-ring (bicyclic) bond motifs is 1. The van der Waals surface area contributed by atoms with Crippen LogP contribution in [0, 0.1) is 13.8 Å². The Morgan fingerprint density at radius 1 is 1.07 bits per heavy atom. The van der Waals surface area contributed by atoms with Crippen molar-refractivity contribution >= 4 is 22.5 Å². The predicted octanol–water partition coefficient (Wildman–Crippen LogP) is 5.74. The first-order valence-corrected chi connectivity index (χ1v) is 10.2. The van der Waals surface area contributed by atoms with Crippen LogP contribution in [-0.4, -0.2) is 20.7 Å². The Balaban J connectivity index is 1.86. The Bertz CT molecular complexity index is 1250. The molecule has 4 rings (SSSR count). The number of carbonyl (C=O) groups is 1. The normalized spacial score (nSPS) is 11.8. The van der Waals surface area contributed by atoms with Crippen LogP contribution in [0.1, 0.15) is 48.0 Å². The van der Waals surface area contributed by atoms with Gasteiger partial charge in [0.25, 0.3) is 5.91 Å². The molecule has 2 aromatic carbocycles. The number of carbonyl (C=O) groups excluding carboxylic acids is 1. The highest BCUT2D eigenvalue weighted by molar-refractivity contribution is 6.05. The number of H-pyrrole nitrogens is 1. The zero-order valence-corrected chi connectivity index (χ0v) is 18.4. The quantitative estimate of drug-likeness (QED) is 0.461. The van der Waals surface area contributed by atoms with Crippen LogP contribution in [0.5, 0.6) is 0 Å². The smallest absolute Gasteiger partial charge is 0.273 e. The van der Waals surface area contributed by atoms with E-state index in [1.54, 1.807) is 24.0 Å². The highest BCUT2D eigenvalue weighted by Crippen LogP contribution is 2.41. The summed E-state index contributed by atoms with van der Waals surface area (Å²) < 4.78 is 1.58. The summed E-state index contributed by atoms with van der Waals surface area (Å²) in [6, 6.07) is 14.4. The maximum Gasteiger partial charge on any atom is 0.273 e. The van der Waals surface area contributed by atoms with Crippen LogP contribution >= 0.6 is 0 Å². The van der Waals surface area contributed by atoms with Crippen LogP contribution in [0.25, 0.3) is 22.2 Å². The third-order valence-electron chi connectivity index (χ3n) is 5.61. The van der Waals surface area contributed by atoms with Gasteiger partial charge in [0.15, 0.2) is 0 Å². The van der Waals surface area contributed by atoms with Gasteiger partial charge >= 0.3 is 0 Å². The fourth-order valence-electron chi connectivity index (χ4n) is 4.10. The number of anilines is 1. The summed E-state index contributed by atoms with van der Waals surface area (Å²) in [5.74, 6) is -0.167. The van der Waals surface area contributed by atoms with Crippen molar-refractivity contribution in [2.24, 2.45) is 7.05 Å². The lowest BCUT2D eigenvalue weighted by atomic mass is 9.82. The Kier molecular flexibility index (Phi) is 4.77. The Morgan fingerprint density at radius 2 is 1.80 bits per heavy atom. The summed E-state index contributed by atoms with van der Waals surface area (Å²) in [6.45, 7) is 10.9. The molecule has 0 fully saturated rings. The van der Waals surface area contributed by atoms with Crippen molar-refractivity contribution in [3.8, 4) is 11.3 Å². The number of nitrogens with one attached hydrogen (secondary N) is 2. The summed E-state index contributed by atoms with van der Waals surface area (Å²) in [7, 11) is 1.76. The lowest BCUT2D eigenvalue weighted by molar-refractivity contribution is 0.101. The van der Waals surface area contributed by atoms with Crippen LogP contribution in [0.15, 0.2) is 48.7 Å². The number of aryl methyl sites for hydroxylation is 3. The van der Waals surface area contributed by atoms with Gasteiger partial charge in [0.05, 0.1) is 5.69 Å². The molecule has 30 heavy (non-hydrogen) atoms. The third-order valence-corrected chi connectivity index (χ3v) is 5.61. The monoisotopic (exact) mass is 400 g/mol. The van der Waals surface area contributed by atoms with E-state index < -0.39 is 0 Å². The summed E-state index contributed by atoms with van der Waals surface area (Å²) in [5, 5.41) is 8.32. The Labute approximate surface area is 177 Å². The molecule has 2 N–H and O–H groups in total. The topological polar surface area (TPSA) is 62.7 Å². The highest BCUT2D eigenvalue weighted by atomic mass is 16.2. The maximum atomic E-state index is 12.7. The number of aromatic amines is 1. The molecule has 1 amide bonds. The lowest BCUT2D eigenvalue weighted by Gasteiger charge is -2.21. The Hall–Kier alpha value is -3.34. The number of rotatable bonds is 3. The molecule has 0 bridgehead atoms. The van der Waals surface area contributed by atoms with Gasteiger partial charge in [-0.1, -0.05) is 45.0 Å². The molecule has 0 aliphatic rings. The lowest BCUT2D eigenvalue weighted by Crippen LogP contribution is -2.16. The van der Waals surface area contributed by atoms with E-state index in [1.807, 2.05) is 13.0 Å². The molecule has 0 saturated carbocycles. The summed E-state index contributed by atoms with van der Waals surface area (Å²) >= 11 is 0. The van der Waals surface area contributed by atoms with Crippen molar-refractivity contribution < 1.29 is 4.79 Å². The fraction of sp³-hybridized carbons (Fsp3) is 0.280. The molecule has 0 unspecified atom stereocenters. The van der Waals surface area contributed by atoms with E-state index in [1.165, 1.54) is 22.1 Å². The minimum Gasteiger partial charge on any atom is -0.354 e. The van der Waals surface area contributed by atoms with Gasteiger partial charge in [-0.2, -0.15) is 5.10 Å². The van der Waals surface area contributed by atoms with Crippen LogP contribution in [0.3, 0.4) is 0 Å². The molecule has 0 saturated heterocycles. The van der Waals surface area contributed by atoms with Crippen molar-refractivity contribution in [2.45, 2.75) is 40.0 Å². The van der Waals surface area contributed by atoms with Gasteiger partial charge in [-0.05, 0) is 54.2 Å². The second-order valence-electron chi connectivity index (χ2n) is 8.95. The molecule has 2 heterocycles. The van der Waals surface area contributed by atoms with Crippen LogP contribution in [0.2, 0.25) is 0 Å². The highest BCUT2D eigenvalue weighted by Gasteiger charge is 2.25. The average molecular weight is 401 g/mol. The van der Waals surface area contributed by atoms with Gasteiger partial charge in [-0.15, -0.1) is 0 Å². The summed E-state index contributed by atoms with van der Waals surface area (Å²) in [5.41, 5.74) is 8.20. The summed E-state index contributed by atoms with van der Waals surface area (Å²) in [6.07, 6.45) is 1.63. The van der Waals surface area contributed by atoms with Gasteiger partial charge in [0, 0.05) is 35.4 Å². The maximum absolute atomic E-state index is 12.7. The second-order valence-corrected chi connectivity index (χ2v) is 8.95. The number of hydrogen-bond donors (Lipinski definition) is 2. The van der Waals surface area contributed by atoms with Gasteiger partial charge < -0.3 is 10.3 Å². The van der Waals surface area contributed by atoms with Crippen LogP contribution in [0.4, 0.5) is 5.69 Å². The van der Waals surface area contributed by atoms with Crippen LogP contribution < -0.4 is 5.32 Å². The molecule has 2 aromatic heterocycles. The molecular formula is C25H28N4O. The van der Waals surface area contributed by atoms with Crippen molar-refractivity contribution in [1.82, 2.24) is 14.8 Å². The summed E-state index contributed by atoms with van der Waals surface area (Å²) in [4.78, 5) is 16.3. The molecule has 0 aliphatic carbocycles. The molecule has 0 radical (unpaired) electrons. The first-order chi connectivity index (χ1) is 14.2. The number of hydrogen-bond acceptors (Lipinski definition) is 2. The molecule has 0 aliphatic heterocycles. The van der Waals surface area contributed by atoms with Gasteiger partial charge in [0.1, 0.15) is 5.69 Å². The minimum atomic E-state index is -0.167. The second kappa shape index (κ2) is 7.17. The van der Waals surface area contributed by atoms with E-state index >= 15 is 0 Å². The SMILES string of the molecule is Cc1cc2c(C(C)(C)C)c(-c3ccccc3C)[nH]c2cc1NC(=O)c1ccnn1C. The molecule has 5 nitrogen and oxygen atoms in total. The van der Waals surface area contributed by atoms with E-state index in [0.717, 1.165) is 22.5 Å². The molecule has 0 atom stereocenters. The number of benzene rings is 2. The van der Waals surface area contributed by atoms with Crippen molar-refractivity contribution in [3.05, 3.63) is 71.0 Å². The zero-order valence-electron chi connectivity index (χ0n) is 18.4. The van der Waals surface area contributed by atoms with Crippen molar-refractivity contribution in [1.29, 1.82) is 0 Å². The van der Waals surface area contributed by atoms with Crippen LogP contribution in [-0.2, 0) is 12.5 Å². The predicted molar refractivity (Wildman–Crippen MR) is 123 cm³/mol. The van der Waals surface area contributed by atoms with Crippen molar-refractivity contribution in [2.75, 3.05) is 5.32 Å². The fourth-order valence-corrected chi connectivity index (χ4v) is 4.10. The molecular weight excluding hydrogens is 372 g/mol. The Morgan fingerprint density at radius 3 is 2.43 bits per heavy atom. The number of amides is 1. The largest absolute Gasteiger partial charge is 0.354 e. The standard InChI is InChI=1S/C25H28N4O/c1-15-9-7-8-10-17(15)23-22(25(3,4)5)18-13-16(2)19(14-20(18)27-23)28-24(30)21-11-12-26-29(21)6/h7-14,27H,1-6H3,(H,28,30). The van der Waals surface area contributed by atoms with Gasteiger partial charge in [0.2, 0.25) is 0 Å². The molecule has 154 valence electrons. The minimum absolute atomic E-state index is 0.0399. The first kappa shape index (κ1) is 20.0. The van der Waals surface area contributed by atoms with Crippen molar-refractivity contribution in [3.63, 3.8) is 0 Å². The zero-order chi connectivity index (χ0) is 21.6. The van der Waals surface area contributed by atoms with E-state index in [2.05, 4.69) is 73.4 Å². The number of nitrogens with zero attached hydrogens (tertiary/aromatic N) is 2. The van der Waals surface area contributed by atoms with E-state index in [0.29, 0.717) is 5.69 Å². The van der Waals surface area contributed by atoms with E-state index in [9.17, 15) is 4.79 Å². The van der Waals surface area contributed by atoms with E-state index in [-0.39, 0.29) is 11.3 Å². The average Bonchev–Trinajstić information content (AvgIpc) is 3.25.